The first-order valence-corrected chi connectivity index (χ1v) is 6.86. The zero-order chi connectivity index (χ0) is 16.3. The number of hydrogen-bond acceptors (Lipinski definition) is 1. The van der Waals surface area contributed by atoms with Crippen LogP contribution in [-0.2, 0) is 6.42 Å². The van der Waals surface area contributed by atoms with Crippen molar-refractivity contribution in [3.63, 3.8) is 0 Å². The Morgan fingerprint density at radius 3 is 1.91 bits per heavy atom. The summed E-state index contributed by atoms with van der Waals surface area (Å²) in [5.74, 6) is -6.47. The van der Waals surface area contributed by atoms with Gasteiger partial charge in [0, 0.05) is 0 Å². The predicted molar refractivity (Wildman–Crippen MR) is 75.0 cm³/mol. The fraction of sp³-hybridized carbons (Fsp3) is 0.235. The molecule has 0 radical (unpaired) electrons. The maximum Gasteiger partial charge on any atom is 0.180 e. The molecular weight excluding hydrogens is 294 g/mol. The minimum atomic E-state index is -1.67. The molecule has 2 aromatic rings. The number of aryl methyl sites for hydroxylation is 1. The van der Waals surface area contributed by atoms with E-state index in [1.807, 2.05) is 6.92 Å². The van der Waals surface area contributed by atoms with Crippen LogP contribution in [0.3, 0.4) is 0 Å². The van der Waals surface area contributed by atoms with Crippen molar-refractivity contribution in [3.8, 4) is 17.2 Å². The summed E-state index contributed by atoms with van der Waals surface area (Å²) >= 11 is 0. The molecule has 0 amide bonds. The molecule has 2 aromatic carbocycles. The molecular formula is C17H13F4N. The molecule has 22 heavy (non-hydrogen) atoms. The van der Waals surface area contributed by atoms with Crippen LogP contribution in [-0.4, -0.2) is 0 Å². The summed E-state index contributed by atoms with van der Waals surface area (Å²) in [7, 11) is 0. The van der Waals surface area contributed by atoms with Gasteiger partial charge in [-0.3, -0.25) is 0 Å². The molecule has 0 bridgehead atoms. The number of halogens is 4. The molecule has 0 spiro atoms. The molecule has 0 heterocycles. The van der Waals surface area contributed by atoms with E-state index in [-0.39, 0.29) is 5.56 Å². The van der Waals surface area contributed by atoms with E-state index in [9.17, 15) is 17.6 Å². The highest BCUT2D eigenvalue weighted by molar-refractivity contribution is 5.67. The van der Waals surface area contributed by atoms with Crippen LogP contribution < -0.4 is 0 Å². The smallest absolute Gasteiger partial charge is 0.180 e. The van der Waals surface area contributed by atoms with Gasteiger partial charge in [-0.2, -0.15) is 5.26 Å². The Morgan fingerprint density at radius 1 is 0.909 bits per heavy atom. The van der Waals surface area contributed by atoms with Gasteiger partial charge in [0.15, 0.2) is 23.3 Å². The molecule has 0 aliphatic carbocycles. The van der Waals surface area contributed by atoms with Gasteiger partial charge in [0.25, 0.3) is 0 Å². The molecule has 1 nitrogen and oxygen atoms in total. The second-order valence-electron chi connectivity index (χ2n) is 4.92. The van der Waals surface area contributed by atoms with Gasteiger partial charge in [-0.25, -0.2) is 17.6 Å². The van der Waals surface area contributed by atoms with E-state index < -0.39 is 34.4 Å². The number of nitriles is 1. The van der Waals surface area contributed by atoms with Crippen LogP contribution in [0, 0.1) is 34.6 Å². The summed E-state index contributed by atoms with van der Waals surface area (Å²) in [4.78, 5) is 0. The summed E-state index contributed by atoms with van der Waals surface area (Å²) in [6.45, 7) is 2.04. The molecule has 2 rings (SSSR count). The Kier molecular flexibility index (Phi) is 4.81. The van der Waals surface area contributed by atoms with Crippen molar-refractivity contribution in [2.24, 2.45) is 0 Å². The standard InChI is InChI=1S/C17H13F4N/c1-2-3-4-10-5-7-11(8-6-10)13-16(20)14(18)12(9-22)15(19)17(13)21/h5-8H,2-4H2,1H3. The Morgan fingerprint density at radius 2 is 1.45 bits per heavy atom. The van der Waals surface area contributed by atoms with Crippen LogP contribution >= 0.6 is 0 Å². The lowest BCUT2D eigenvalue weighted by molar-refractivity contribution is 0.454. The zero-order valence-corrected chi connectivity index (χ0v) is 11.9. The first-order valence-electron chi connectivity index (χ1n) is 6.86. The molecule has 0 saturated heterocycles. The third-order valence-corrected chi connectivity index (χ3v) is 3.44. The lowest BCUT2D eigenvalue weighted by Crippen LogP contribution is -2.03. The van der Waals surface area contributed by atoms with E-state index >= 15 is 0 Å². The minimum absolute atomic E-state index is 0.0255. The topological polar surface area (TPSA) is 23.8 Å². The minimum Gasteiger partial charge on any atom is -0.203 e. The van der Waals surface area contributed by atoms with Crippen LogP contribution in [0.5, 0.6) is 0 Å². The number of hydrogen-bond donors (Lipinski definition) is 0. The molecule has 0 fully saturated rings. The molecule has 0 aliphatic rings. The maximum atomic E-state index is 13.9. The van der Waals surface area contributed by atoms with Crippen molar-refractivity contribution in [1.29, 1.82) is 5.26 Å². The lowest BCUT2D eigenvalue weighted by Gasteiger charge is -2.09. The van der Waals surface area contributed by atoms with Crippen molar-refractivity contribution in [2.75, 3.05) is 0 Å². The monoisotopic (exact) mass is 307 g/mol. The van der Waals surface area contributed by atoms with Gasteiger partial charge < -0.3 is 0 Å². The first kappa shape index (κ1) is 16.0. The molecule has 0 atom stereocenters. The van der Waals surface area contributed by atoms with Crippen molar-refractivity contribution < 1.29 is 17.6 Å². The average molecular weight is 307 g/mol. The highest BCUT2D eigenvalue weighted by atomic mass is 19.2. The molecule has 114 valence electrons. The van der Waals surface area contributed by atoms with Gasteiger partial charge in [0.1, 0.15) is 11.6 Å². The Bertz CT molecular complexity index is 701. The Hall–Kier alpha value is -2.35. The van der Waals surface area contributed by atoms with Crippen LogP contribution in [0.15, 0.2) is 24.3 Å². The molecule has 0 saturated carbocycles. The lowest BCUT2D eigenvalue weighted by atomic mass is 9.99. The van der Waals surface area contributed by atoms with E-state index in [1.165, 1.54) is 12.1 Å². The summed E-state index contributed by atoms with van der Waals surface area (Å²) in [5.41, 5.74) is -1.05. The van der Waals surface area contributed by atoms with Gasteiger partial charge in [0.05, 0.1) is 5.56 Å². The number of benzene rings is 2. The third kappa shape index (κ3) is 2.82. The number of rotatable bonds is 4. The largest absolute Gasteiger partial charge is 0.203 e. The molecule has 0 unspecified atom stereocenters. The molecule has 0 aromatic heterocycles. The summed E-state index contributed by atoms with van der Waals surface area (Å²) in [5, 5.41) is 8.57. The first-order chi connectivity index (χ1) is 10.5. The van der Waals surface area contributed by atoms with Gasteiger partial charge in [-0.05, 0) is 24.0 Å². The van der Waals surface area contributed by atoms with E-state index in [4.69, 9.17) is 5.26 Å². The average Bonchev–Trinajstić information content (AvgIpc) is 2.53. The summed E-state index contributed by atoms with van der Waals surface area (Å²) in [6.07, 6.45) is 2.80. The van der Waals surface area contributed by atoms with Crippen LogP contribution in [0.1, 0.15) is 30.9 Å². The fourth-order valence-corrected chi connectivity index (χ4v) is 2.20. The van der Waals surface area contributed by atoms with Gasteiger partial charge in [-0.1, -0.05) is 37.6 Å². The molecule has 0 N–H and O–H groups in total. The summed E-state index contributed by atoms with van der Waals surface area (Å²) in [6, 6.07) is 7.28. The van der Waals surface area contributed by atoms with Crippen molar-refractivity contribution >= 4 is 0 Å². The second-order valence-corrected chi connectivity index (χ2v) is 4.92. The van der Waals surface area contributed by atoms with Crippen LogP contribution in [0.2, 0.25) is 0 Å². The van der Waals surface area contributed by atoms with Gasteiger partial charge >= 0.3 is 0 Å². The fourth-order valence-electron chi connectivity index (χ4n) is 2.20. The maximum absolute atomic E-state index is 13.9. The SMILES string of the molecule is CCCCc1ccc(-c2c(F)c(F)c(C#N)c(F)c2F)cc1. The van der Waals surface area contributed by atoms with E-state index in [0.717, 1.165) is 30.9 Å². The van der Waals surface area contributed by atoms with Gasteiger partial charge in [-0.15, -0.1) is 0 Å². The molecule has 5 heteroatoms. The van der Waals surface area contributed by atoms with Crippen LogP contribution in [0.4, 0.5) is 17.6 Å². The van der Waals surface area contributed by atoms with Crippen LogP contribution in [0.25, 0.3) is 11.1 Å². The van der Waals surface area contributed by atoms with E-state index in [2.05, 4.69) is 0 Å². The Balaban J connectivity index is 2.52. The predicted octanol–water partition coefficient (Wildman–Crippen LogP) is 5.12. The third-order valence-electron chi connectivity index (χ3n) is 3.44. The normalized spacial score (nSPS) is 10.5. The molecule has 0 aliphatic heterocycles. The summed E-state index contributed by atoms with van der Waals surface area (Å²) < 4.78 is 55.2. The number of nitrogens with zero attached hydrogens (tertiary/aromatic N) is 1. The van der Waals surface area contributed by atoms with Crippen molar-refractivity contribution in [2.45, 2.75) is 26.2 Å². The van der Waals surface area contributed by atoms with E-state index in [1.54, 1.807) is 12.1 Å². The van der Waals surface area contributed by atoms with E-state index in [0.29, 0.717) is 0 Å². The Labute approximate surface area is 125 Å². The highest BCUT2D eigenvalue weighted by Gasteiger charge is 2.26. The second kappa shape index (κ2) is 6.61. The quantitative estimate of drug-likeness (QED) is 0.568. The zero-order valence-electron chi connectivity index (χ0n) is 11.9. The van der Waals surface area contributed by atoms with Crippen molar-refractivity contribution in [3.05, 3.63) is 58.7 Å². The van der Waals surface area contributed by atoms with Crippen molar-refractivity contribution in [1.82, 2.24) is 0 Å². The highest BCUT2D eigenvalue weighted by Crippen LogP contribution is 2.32. The number of unbranched alkanes of at least 4 members (excludes halogenated alkanes) is 1. The van der Waals surface area contributed by atoms with Gasteiger partial charge in [0.2, 0.25) is 0 Å².